The molecule has 2 heterocycles. The van der Waals surface area contributed by atoms with Gasteiger partial charge in [0.1, 0.15) is 0 Å². The zero-order chi connectivity index (χ0) is 11.7. The maximum atomic E-state index is 5.56. The van der Waals surface area contributed by atoms with Gasteiger partial charge in [0.05, 0.1) is 19.2 Å². The summed E-state index contributed by atoms with van der Waals surface area (Å²) in [5, 5.41) is 15.4. The summed E-state index contributed by atoms with van der Waals surface area (Å²) >= 11 is 0. The Labute approximate surface area is 101 Å². The molecule has 1 aromatic rings. The molecule has 0 spiro atoms. The Morgan fingerprint density at radius 3 is 3.00 bits per heavy atom. The predicted octanol–water partition coefficient (Wildman–Crippen LogP) is 0.350. The molecule has 2 aliphatic rings. The van der Waals surface area contributed by atoms with Crippen LogP contribution in [-0.4, -0.2) is 39.0 Å². The second kappa shape index (κ2) is 4.70. The maximum absolute atomic E-state index is 5.56. The molecule has 3 rings (SSSR count). The van der Waals surface area contributed by atoms with E-state index in [0.717, 1.165) is 31.9 Å². The monoisotopic (exact) mass is 237 g/mol. The van der Waals surface area contributed by atoms with Crippen LogP contribution in [0.5, 0.6) is 0 Å². The summed E-state index contributed by atoms with van der Waals surface area (Å²) in [6.45, 7) is 4.64. The molecule has 1 aromatic heterocycles. The molecule has 94 valence electrons. The quantitative estimate of drug-likeness (QED) is 0.800. The Morgan fingerprint density at radius 2 is 2.29 bits per heavy atom. The minimum atomic E-state index is 0.323. The lowest BCUT2D eigenvalue weighted by molar-refractivity contribution is 0.100. The van der Waals surface area contributed by atoms with Crippen LogP contribution in [0, 0.1) is 5.92 Å². The standard InChI is InChI=1S/C11H19N5O/c1-8-9(4-5-17-8)7-16-11(13-14-15-16)6-12-10-2-3-10/h8-10,12H,2-7H2,1H3. The van der Waals surface area contributed by atoms with Crippen molar-refractivity contribution in [2.75, 3.05) is 6.61 Å². The third-order valence-corrected chi connectivity index (χ3v) is 3.67. The van der Waals surface area contributed by atoms with Crippen molar-refractivity contribution in [1.82, 2.24) is 25.5 Å². The third-order valence-electron chi connectivity index (χ3n) is 3.67. The van der Waals surface area contributed by atoms with E-state index in [4.69, 9.17) is 4.74 Å². The van der Waals surface area contributed by atoms with Crippen molar-refractivity contribution >= 4 is 0 Å². The Morgan fingerprint density at radius 1 is 1.41 bits per heavy atom. The molecular weight excluding hydrogens is 218 g/mol. The van der Waals surface area contributed by atoms with Gasteiger partial charge in [-0.05, 0) is 36.6 Å². The highest BCUT2D eigenvalue weighted by molar-refractivity contribution is 4.87. The first-order chi connectivity index (χ1) is 8.33. The van der Waals surface area contributed by atoms with Crippen LogP contribution in [0.4, 0.5) is 0 Å². The van der Waals surface area contributed by atoms with Gasteiger partial charge in [0, 0.05) is 18.6 Å². The van der Waals surface area contributed by atoms with Crippen LogP contribution in [0.2, 0.25) is 0 Å². The normalized spacial score (nSPS) is 28.8. The molecule has 17 heavy (non-hydrogen) atoms. The molecule has 2 fully saturated rings. The largest absolute Gasteiger partial charge is 0.378 e. The van der Waals surface area contributed by atoms with Crippen molar-refractivity contribution in [3.63, 3.8) is 0 Å². The first-order valence-electron chi connectivity index (χ1n) is 6.43. The first kappa shape index (κ1) is 11.1. The SMILES string of the molecule is CC1OCCC1Cn1nnnc1CNC1CC1. The van der Waals surface area contributed by atoms with Crippen molar-refractivity contribution in [2.45, 2.75) is 51.4 Å². The van der Waals surface area contributed by atoms with Crippen molar-refractivity contribution in [3.05, 3.63) is 5.82 Å². The number of nitrogens with zero attached hydrogens (tertiary/aromatic N) is 4. The average Bonchev–Trinajstić information content (AvgIpc) is 2.92. The highest BCUT2D eigenvalue weighted by atomic mass is 16.5. The van der Waals surface area contributed by atoms with E-state index in [1.807, 2.05) is 4.68 Å². The number of hydrogen-bond donors (Lipinski definition) is 1. The van der Waals surface area contributed by atoms with E-state index in [0.29, 0.717) is 18.1 Å². The lowest BCUT2D eigenvalue weighted by Gasteiger charge is -2.14. The Balaban J connectivity index is 1.59. The molecule has 2 unspecified atom stereocenters. The highest BCUT2D eigenvalue weighted by Crippen LogP contribution is 2.22. The fraction of sp³-hybridized carbons (Fsp3) is 0.909. The van der Waals surface area contributed by atoms with Gasteiger partial charge in [-0.25, -0.2) is 4.68 Å². The van der Waals surface area contributed by atoms with Crippen molar-refractivity contribution in [3.8, 4) is 0 Å². The van der Waals surface area contributed by atoms with Crippen molar-refractivity contribution < 1.29 is 4.74 Å². The lowest BCUT2D eigenvalue weighted by atomic mass is 10.0. The van der Waals surface area contributed by atoms with Gasteiger partial charge in [-0.15, -0.1) is 5.10 Å². The molecule has 0 aromatic carbocycles. The second-order valence-corrected chi connectivity index (χ2v) is 5.06. The summed E-state index contributed by atoms with van der Waals surface area (Å²) in [6, 6.07) is 0.689. The molecule has 1 saturated heterocycles. The molecule has 1 aliphatic heterocycles. The van der Waals surface area contributed by atoms with E-state index >= 15 is 0 Å². The summed E-state index contributed by atoms with van der Waals surface area (Å²) in [4.78, 5) is 0. The van der Waals surface area contributed by atoms with Crippen LogP contribution in [0.1, 0.15) is 32.0 Å². The van der Waals surface area contributed by atoms with E-state index in [9.17, 15) is 0 Å². The van der Waals surface area contributed by atoms with Gasteiger partial charge in [-0.3, -0.25) is 0 Å². The van der Waals surface area contributed by atoms with Crippen LogP contribution in [0.25, 0.3) is 0 Å². The lowest BCUT2D eigenvalue weighted by Crippen LogP contribution is -2.23. The van der Waals surface area contributed by atoms with Gasteiger partial charge >= 0.3 is 0 Å². The van der Waals surface area contributed by atoms with E-state index < -0.39 is 0 Å². The molecule has 0 amide bonds. The topological polar surface area (TPSA) is 64.9 Å². The fourth-order valence-corrected chi connectivity index (χ4v) is 2.25. The zero-order valence-corrected chi connectivity index (χ0v) is 10.2. The van der Waals surface area contributed by atoms with Crippen LogP contribution >= 0.6 is 0 Å². The van der Waals surface area contributed by atoms with Crippen LogP contribution in [0.15, 0.2) is 0 Å². The number of ether oxygens (including phenoxy) is 1. The molecule has 1 aliphatic carbocycles. The summed E-state index contributed by atoms with van der Waals surface area (Å²) in [5.74, 6) is 1.48. The number of aromatic nitrogens is 4. The molecule has 1 N–H and O–H groups in total. The van der Waals surface area contributed by atoms with Gasteiger partial charge in [-0.1, -0.05) is 0 Å². The van der Waals surface area contributed by atoms with Crippen LogP contribution in [0.3, 0.4) is 0 Å². The second-order valence-electron chi connectivity index (χ2n) is 5.06. The van der Waals surface area contributed by atoms with Gasteiger partial charge in [0.25, 0.3) is 0 Å². The third kappa shape index (κ3) is 2.63. The smallest absolute Gasteiger partial charge is 0.165 e. The predicted molar refractivity (Wildman–Crippen MR) is 61.2 cm³/mol. The molecule has 0 radical (unpaired) electrons. The van der Waals surface area contributed by atoms with Crippen LogP contribution in [-0.2, 0) is 17.8 Å². The van der Waals surface area contributed by atoms with Gasteiger partial charge < -0.3 is 10.1 Å². The van der Waals surface area contributed by atoms with E-state index in [1.165, 1.54) is 12.8 Å². The Kier molecular flexibility index (Phi) is 3.07. The van der Waals surface area contributed by atoms with Gasteiger partial charge in [0.15, 0.2) is 5.82 Å². The number of nitrogens with one attached hydrogen (secondary N) is 1. The number of tetrazole rings is 1. The number of hydrogen-bond acceptors (Lipinski definition) is 5. The van der Waals surface area contributed by atoms with E-state index in [-0.39, 0.29) is 0 Å². The van der Waals surface area contributed by atoms with E-state index in [2.05, 4.69) is 27.8 Å². The molecule has 2 atom stereocenters. The van der Waals surface area contributed by atoms with Gasteiger partial charge in [0.2, 0.25) is 0 Å². The number of rotatable bonds is 5. The summed E-state index contributed by atoms with van der Waals surface area (Å²) in [6.07, 6.45) is 4.00. The molecule has 6 heteroatoms. The van der Waals surface area contributed by atoms with E-state index in [1.54, 1.807) is 0 Å². The maximum Gasteiger partial charge on any atom is 0.165 e. The first-order valence-corrected chi connectivity index (χ1v) is 6.43. The fourth-order valence-electron chi connectivity index (χ4n) is 2.25. The summed E-state index contributed by atoms with van der Waals surface area (Å²) in [7, 11) is 0. The summed E-state index contributed by atoms with van der Waals surface area (Å²) < 4.78 is 7.49. The van der Waals surface area contributed by atoms with Gasteiger partial charge in [-0.2, -0.15) is 0 Å². The average molecular weight is 237 g/mol. The minimum absolute atomic E-state index is 0.323. The molecule has 6 nitrogen and oxygen atoms in total. The Hall–Kier alpha value is -1.01. The Bertz CT molecular complexity index is 376. The summed E-state index contributed by atoms with van der Waals surface area (Å²) in [5.41, 5.74) is 0. The molecule has 1 saturated carbocycles. The molecule has 0 bridgehead atoms. The van der Waals surface area contributed by atoms with Crippen LogP contribution < -0.4 is 5.32 Å². The van der Waals surface area contributed by atoms with Crippen molar-refractivity contribution in [1.29, 1.82) is 0 Å². The minimum Gasteiger partial charge on any atom is -0.378 e. The highest BCUT2D eigenvalue weighted by Gasteiger charge is 2.26. The molecular formula is C11H19N5O. The zero-order valence-electron chi connectivity index (χ0n) is 10.2. The van der Waals surface area contributed by atoms with Crippen molar-refractivity contribution in [2.24, 2.45) is 5.92 Å².